The highest BCUT2D eigenvalue weighted by atomic mass is 16.5. The SMILES string of the molecule is O=C1C=CC[C@H](/C=C\c2ccccn2)O1. The summed E-state index contributed by atoms with van der Waals surface area (Å²) in [5, 5.41) is 0. The van der Waals surface area contributed by atoms with Crippen molar-refractivity contribution >= 4 is 12.0 Å². The van der Waals surface area contributed by atoms with Gasteiger partial charge < -0.3 is 4.74 Å². The molecule has 0 aromatic carbocycles. The molecule has 0 amide bonds. The molecule has 1 aliphatic heterocycles. The highest BCUT2D eigenvalue weighted by Crippen LogP contribution is 2.10. The Morgan fingerprint density at radius 1 is 1.47 bits per heavy atom. The van der Waals surface area contributed by atoms with Crippen LogP contribution in [0.1, 0.15) is 12.1 Å². The van der Waals surface area contributed by atoms with Crippen molar-refractivity contribution in [3.63, 3.8) is 0 Å². The summed E-state index contributed by atoms with van der Waals surface area (Å²) < 4.78 is 5.07. The molecule has 2 heterocycles. The number of aromatic nitrogens is 1. The van der Waals surface area contributed by atoms with Gasteiger partial charge in [0.05, 0.1) is 5.69 Å². The Morgan fingerprint density at radius 3 is 3.13 bits per heavy atom. The van der Waals surface area contributed by atoms with E-state index in [0.29, 0.717) is 0 Å². The first-order valence-electron chi connectivity index (χ1n) is 4.81. The van der Waals surface area contributed by atoms with Crippen molar-refractivity contribution in [3.05, 3.63) is 48.3 Å². The van der Waals surface area contributed by atoms with Gasteiger partial charge in [-0.05, 0) is 24.3 Å². The summed E-state index contributed by atoms with van der Waals surface area (Å²) in [7, 11) is 0. The van der Waals surface area contributed by atoms with Crippen molar-refractivity contribution in [3.8, 4) is 0 Å². The molecule has 15 heavy (non-hydrogen) atoms. The van der Waals surface area contributed by atoms with E-state index >= 15 is 0 Å². The number of nitrogens with zero attached hydrogens (tertiary/aromatic N) is 1. The number of esters is 1. The highest BCUT2D eigenvalue weighted by molar-refractivity contribution is 5.83. The van der Waals surface area contributed by atoms with E-state index in [-0.39, 0.29) is 12.1 Å². The van der Waals surface area contributed by atoms with E-state index in [1.54, 1.807) is 6.20 Å². The topological polar surface area (TPSA) is 39.2 Å². The number of rotatable bonds is 2. The van der Waals surface area contributed by atoms with Crippen LogP contribution in [0.25, 0.3) is 6.08 Å². The highest BCUT2D eigenvalue weighted by Gasteiger charge is 2.11. The fourth-order valence-corrected chi connectivity index (χ4v) is 1.33. The third-order valence-electron chi connectivity index (χ3n) is 2.06. The van der Waals surface area contributed by atoms with Gasteiger partial charge in [-0.2, -0.15) is 0 Å². The molecule has 0 saturated heterocycles. The van der Waals surface area contributed by atoms with Crippen LogP contribution in [0, 0.1) is 0 Å². The molecule has 0 spiro atoms. The fraction of sp³-hybridized carbons (Fsp3) is 0.167. The second-order valence-electron chi connectivity index (χ2n) is 3.23. The van der Waals surface area contributed by atoms with Crippen LogP contribution in [-0.2, 0) is 9.53 Å². The lowest BCUT2D eigenvalue weighted by atomic mass is 10.2. The summed E-state index contributed by atoms with van der Waals surface area (Å²) in [6.07, 6.45) is 9.27. The van der Waals surface area contributed by atoms with Crippen LogP contribution in [0.4, 0.5) is 0 Å². The summed E-state index contributed by atoms with van der Waals surface area (Å²) in [5.41, 5.74) is 0.864. The molecule has 1 aromatic heterocycles. The Kier molecular flexibility index (Phi) is 2.93. The second kappa shape index (κ2) is 4.55. The minimum Gasteiger partial charge on any atom is -0.455 e. The van der Waals surface area contributed by atoms with Crippen LogP contribution >= 0.6 is 0 Å². The van der Waals surface area contributed by atoms with Crippen molar-refractivity contribution in [2.24, 2.45) is 0 Å². The van der Waals surface area contributed by atoms with Crippen LogP contribution in [0.3, 0.4) is 0 Å². The summed E-state index contributed by atoms with van der Waals surface area (Å²) >= 11 is 0. The lowest BCUT2D eigenvalue weighted by Gasteiger charge is -2.14. The number of carbonyl (C=O) groups excluding carboxylic acids is 1. The van der Waals surface area contributed by atoms with E-state index < -0.39 is 0 Å². The van der Waals surface area contributed by atoms with Crippen molar-refractivity contribution in [1.82, 2.24) is 4.98 Å². The van der Waals surface area contributed by atoms with Gasteiger partial charge in [-0.15, -0.1) is 0 Å². The van der Waals surface area contributed by atoms with Gasteiger partial charge in [0.15, 0.2) is 0 Å². The summed E-state index contributed by atoms with van der Waals surface area (Å²) in [5.74, 6) is -0.281. The van der Waals surface area contributed by atoms with Gasteiger partial charge in [-0.3, -0.25) is 4.98 Å². The van der Waals surface area contributed by atoms with Gasteiger partial charge >= 0.3 is 5.97 Å². The Balaban J connectivity index is 2.00. The maximum Gasteiger partial charge on any atom is 0.331 e. The predicted molar refractivity (Wildman–Crippen MR) is 56.9 cm³/mol. The molecule has 2 rings (SSSR count). The fourth-order valence-electron chi connectivity index (χ4n) is 1.33. The molecule has 0 fully saturated rings. The quantitative estimate of drug-likeness (QED) is 0.687. The molecule has 0 bridgehead atoms. The number of cyclic esters (lactones) is 1. The lowest BCUT2D eigenvalue weighted by molar-refractivity contribution is -0.141. The molecular formula is C12H11NO2. The van der Waals surface area contributed by atoms with Crippen LogP contribution in [-0.4, -0.2) is 17.1 Å². The third-order valence-corrected chi connectivity index (χ3v) is 2.06. The van der Waals surface area contributed by atoms with E-state index in [1.807, 2.05) is 36.4 Å². The van der Waals surface area contributed by atoms with E-state index in [2.05, 4.69) is 4.98 Å². The smallest absolute Gasteiger partial charge is 0.331 e. The molecule has 0 radical (unpaired) electrons. The zero-order valence-corrected chi connectivity index (χ0v) is 8.17. The van der Waals surface area contributed by atoms with E-state index in [9.17, 15) is 4.79 Å². The molecule has 76 valence electrons. The number of carbonyl (C=O) groups is 1. The zero-order chi connectivity index (χ0) is 10.5. The maximum absolute atomic E-state index is 10.9. The monoisotopic (exact) mass is 201 g/mol. The minimum absolute atomic E-state index is 0.162. The van der Waals surface area contributed by atoms with Gasteiger partial charge in [0.2, 0.25) is 0 Å². The van der Waals surface area contributed by atoms with Crippen molar-refractivity contribution in [1.29, 1.82) is 0 Å². The van der Waals surface area contributed by atoms with Crippen LogP contribution < -0.4 is 0 Å². The van der Waals surface area contributed by atoms with Gasteiger partial charge in [0.1, 0.15) is 6.10 Å². The van der Waals surface area contributed by atoms with Gasteiger partial charge in [0.25, 0.3) is 0 Å². The standard InChI is InChI=1S/C12H11NO2/c14-12-6-3-5-11(15-12)8-7-10-4-1-2-9-13-10/h1-4,6-9,11H,5H2/b8-7-/t11-/m1/s1. The molecule has 0 saturated carbocycles. The van der Waals surface area contributed by atoms with Gasteiger partial charge in [-0.25, -0.2) is 4.79 Å². The molecule has 0 unspecified atom stereocenters. The van der Waals surface area contributed by atoms with E-state index in [1.165, 1.54) is 6.08 Å². The number of hydrogen-bond donors (Lipinski definition) is 0. The average Bonchev–Trinajstić information content (AvgIpc) is 2.28. The van der Waals surface area contributed by atoms with Gasteiger partial charge in [-0.1, -0.05) is 12.1 Å². The number of ether oxygens (including phenoxy) is 1. The Hall–Kier alpha value is -1.90. The normalized spacial score (nSPS) is 20.5. The zero-order valence-electron chi connectivity index (χ0n) is 8.17. The molecule has 3 nitrogen and oxygen atoms in total. The third kappa shape index (κ3) is 2.77. The molecule has 3 heteroatoms. The van der Waals surface area contributed by atoms with E-state index in [0.717, 1.165) is 12.1 Å². The van der Waals surface area contributed by atoms with Crippen molar-refractivity contribution in [2.75, 3.05) is 0 Å². The first kappa shape index (κ1) is 9.65. The summed E-state index contributed by atoms with van der Waals surface area (Å²) in [4.78, 5) is 15.1. The molecule has 1 aliphatic rings. The second-order valence-corrected chi connectivity index (χ2v) is 3.23. The van der Waals surface area contributed by atoms with Crippen LogP contribution in [0.5, 0.6) is 0 Å². The first-order chi connectivity index (χ1) is 7.34. The minimum atomic E-state index is -0.281. The largest absolute Gasteiger partial charge is 0.455 e. The first-order valence-corrected chi connectivity index (χ1v) is 4.81. The number of pyridine rings is 1. The summed E-state index contributed by atoms with van der Waals surface area (Å²) in [6.45, 7) is 0. The van der Waals surface area contributed by atoms with Crippen LogP contribution in [0.2, 0.25) is 0 Å². The molecule has 1 aromatic rings. The Morgan fingerprint density at radius 2 is 2.40 bits per heavy atom. The van der Waals surface area contributed by atoms with E-state index in [4.69, 9.17) is 4.74 Å². The predicted octanol–water partition coefficient (Wildman–Crippen LogP) is 1.97. The lowest BCUT2D eigenvalue weighted by Crippen LogP contribution is -2.17. The Bertz CT molecular complexity index is 395. The van der Waals surface area contributed by atoms with Crippen LogP contribution in [0.15, 0.2) is 42.6 Å². The molecule has 0 N–H and O–H groups in total. The van der Waals surface area contributed by atoms with Crippen molar-refractivity contribution < 1.29 is 9.53 Å². The number of hydrogen-bond acceptors (Lipinski definition) is 3. The molecule has 0 aliphatic carbocycles. The Labute approximate surface area is 88.1 Å². The van der Waals surface area contributed by atoms with Gasteiger partial charge in [0, 0.05) is 18.7 Å². The molecular weight excluding hydrogens is 190 g/mol. The van der Waals surface area contributed by atoms with Crippen molar-refractivity contribution in [2.45, 2.75) is 12.5 Å². The maximum atomic E-state index is 10.9. The average molecular weight is 201 g/mol. The summed E-state index contributed by atoms with van der Waals surface area (Å²) in [6, 6.07) is 5.68. The molecule has 1 atom stereocenters.